The summed E-state index contributed by atoms with van der Waals surface area (Å²) in [5, 5.41) is 5.93. The third kappa shape index (κ3) is 6.50. The first-order valence-corrected chi connectivity index (χ1v) is 13.7. The monoisotopic (exact) mass is 526 g/mol. The number of rotatable bonds is 8. The van der Waals surface area contributed by atoms with E-state index in [4.69, 9.17) is 0 Å². The zero-order valence-electron chi connectivity index (χ0n) is 21.5. The van der Waals surface area contributed by atoms with Gasteiger partial charge in [0.05, 0.1) is 0 Å². The summed E-state index contributed by atoms with van der Waals surface area (Å²) < 4.78 is 13.3. The van der Waals surface area contributed by atoms with E-state index in [2.05, 4.69) is 22.8 Å². The number of anilines is 1. The SMILES string of the molecule is CC.O=C(NC1(C(=O)Nc2ccc(SCc3ccccc3)cc2)CC1c1ccccc1)c1ccc(F)cc1. The van der Waals surface area contributed by atoms with Crippen LogP contribution in [0.15, 0.2) is 114 Å². The Balaban J connectivity index is 0.00000164. The van der Waals surface area contributed by atoms with Crippen LogP contribution in [0.1, 0.15) is 47.7 Å². The molecular weight excluding hydrogens is 495 g/mol. The number of halogens is 1. The highest BCUT2D eigenvalue weighted by Gasteiger charge is 2.61. The predicted molar refractivity (Wildman–Crippen MR) is 153 cm³/mol. The van der Waals surface area contributed by atoms with Gasteiger partial charge in [0.25, 0.3) is 11.8 Å². The maximum Gasteiger partial charge on any atom is 0.252 e. The van der Waals surface area contributed by atoms with E-state index in [1.807, 2.05) is 86.6 Å². The summed E-state index contributed by atoms with van der Waals surface area (Å²) in [5.41, 5.74) is 2.13. The number of carbonyl (C=O) groups is 2. The van der Waals surface area contributed by atoms with Gasteiger partial charge >= 0.3 is 0 Å². The van der Waals surface area contributed by atoms with Gasteiger partial charge in [-0.05, 0) is 66.1 Å². The molecule has 0 heterocycles. The molecule has 1 aliphatic carbocycles. The number of nitrogens with one attached hydrogen (secondary N) is 2. The Morgan fingerprint density at radius 2 is 1.45 bits per heavy atom. The predicted octanol–water partition coefficient (Wildman–Crippen LogP) is 7.44. The molecule has 0 saturated heterocycles. The number of benzene rings is 4. The van der Waals surface area contributed by atoms with Crippen molar-refractivity contribution in [1.29, 1.82) is 0 Å². The molecule has 0 aromatic heterocycles. The number of carbonyl (C=O) groups excluding carboxylic acids is 2. The van der Waals surface area contributed by atoms with Crippen LogP contribution in [0.5, 0.6) is 0 Å². The highest BCUT2D eigenvalue weighted by molar-refractivity contribution is 7.98. The Bertz CT molecular complexity index is 1350. The normalized spacial score (nSPS) is 17.5. The fourth-order valence-corrected chi connectivity index (χ4v) is 5.14. The first-order chi connectivity index (χ1) is 18.5. The van der Waals surface area contributed by atoms with Crippen LogP contribution in [0, 0.1) is 5.82 Å². The van der Waals surface area contributed by atoms with Crippen molar-refractivity contribution in [3.8, 4) is 0 Å². The Labute approximate surface area is 227 Å². The summed E-state index contributed by atoms with van der Waals surface area (Å²) >= 11 is 1.73. The number of amides is 2. The molecule has 4 aromatic rings. The molecule has 1 aliphatic rings. The third-order valence-corrected chi connectivity index (χ3v) is 7.45. The zero-order chi connectivity index (χ0) is 27.0. The maximum atomic E-state index is 13.5. The summed E-state index contributed by atoms with van der Waals surface area (Å²) in [7, 11) is 0. The fraction of sp³-hybridized carbons (Fsp3) is 0.188. The largest absolute Gasteiger partial charge is 0.337 e. The molecule has 5 rings (SSSR count). The van der Waals surface area contributed by atoms with Gasteiger partial charge in [0.1, 0.15) is 11.4 Å². The zero-order valence-corrected chi connectivity index (χ0v) is 22.3. The molecule has 0 aliphatic heterocycles. The van der Waals surface area contributed by atoms with Crippen molar-refractivity contribution >= 4 is 29.3 Å². The molecule has 38 heavy (non-hydrogen) atoms. The fourth-order valence-electron chi connectivity index (χ4n) is 4.29. The highest BCUT2D eigenvalue weighted by atomic mass is 32.2. The summed E-state index contributed by atoms with van der Waals surface area (Å²) in [6.07, 6.45) is 0.487. The molecule has 1 fully saturated rings. The van der Waals surface area contributed by atoms with Gasteiger partial charge in [-0.1, -0.05) is 74.5 Å². The quantitative estimate of drug-likeness (QED) is 0.235. The van der Waals surface area contributed by atoms with Crippen LogP contribution < -0.4 is 10.6 Å². The lowest BCUT2D eigenvalue weighted by atomic mass is 10.0. The van der Waals surface area contributed by atoms with Gasteiger partial charge in [0.2, 0.25) is 0 Å². The molecule has 1 saturated carbocycles. The lowest BCUT2D eigenvalue weighted by Gasteiger charge is -2.20. The van der Waals surface area contributed by atoms with E-state index in [-0.39, 0.29) is 11.8 Å². The molecule has 0 spiro atoms. The van der Waals surface area contributed by atoms with Crippen molar-refractivity contribution in [1.82, 2.24) is 5.32 Å². The first-order valence-electron chi connectivity index (χ1n) is 12.7. The topological polar surface area (TPSA) is 58.2 Å². The first kappa shape index (κ1) is 27.1. The second kappa shape index (κ2) is 12.6. The van der Waals surface area contributed by atoms with Crippen molar-refractivity contribution in [3.63, 3.8) is 0 Å². The van der Waals surface area contributed by atoms with E-state index in [1.165, 1.54) is 29.8 Å². The van der Waals surface area contributed by atoms with Crippen molar-refractivity contribution < 1.29 is 14.0 Å². The van der Waals surface area contributed by atoms with E-state index in [0.29, 0.717) is 17.7 Å². The number of thioether (sulfide) groups is 1. The number of hydrogen-bond acceptors (Lipinski definition) is 3. The molecule has 6 heteroatoms. The summed E-state index contributed by atoms with van der Waals surface area (Å²) in [5.74, 6) is -0.376. The van der Waals surface area contributed by atoms with Crippen molar-refractivity contribution in [2.45, 2.75) is 42.4 Å². The lowest BCUT2D eigenvalue weighted by Crippen LogP contribution is -2.47. The van der Waals surface area contributed by atoms with E-state index in [1.54, 1.807) is 11.8 Å². The average Bonchev–Trinajstić information content (AvgIpc) is 3.70. The van der Waals surface area contributed by atoms with Crippen LogP contribution in [0.25, 0.3) is 0 Å². The van der Waals surface area contributed by atoms with Crippen LogP contribution >= 0.6 is 11.8 Å². The molecule has 0 radical (unpaired) electrons. The maximum absolute atomic E-state index is 13.5. The Morgan fingerprint density at radius 1 is 0.842 bits per heavy atom. The van der Waals surface area contributed by atoms with Gasteiger partial charge in [0.15, 0.2) is 0 Å². The lowest BCUT2D eigenvalue weighted by molar-refractivity contribution is -0.119. The Morgan fingerprint density at radius 3 is 2.08 bits per heavy atom. The minimum absolute atomic E-state index is 0.149. The van der Waals surface area contributed by atoms with Crippen LogP contribution in [0.4, 0.5) is 10.1 Å². The minimum Gasteiger partial charge on any atom is -0.337 e. The summed E-state index contributed by atoms with van der Waals surface area (Å²) in [6.45, 7) is 4.00. The van der Waals surface area contributed by atoms with Gasteiger partial charge in [-0.2, -0.15) is 0 Å². The van der Waals surface area contributed by atoms with Crippen LogP contribution in [0.3, 0.4) is 0 Å². The van der Waals surface area contributed by atoms with Crippen LogP contribution in [-0.2, 0) is 10.5 Å². The van der Waals surface area contributed by atoms with E-state index in [9.17, 15) is 14.0 Å². The van der Waals surface area contributed by atoms with Crippen molar-refractivity contribution in [2.75, 3.05) is 5.32 Å². The molecule has 194 valence electrons. The van der Waals surface area contributed by atoms with Gasteiger partial charge in [-0.15, -0.1) is 11.8 Å². The van der Waals surface area contributed by atoms with Gasteiger partial charge in [-0.25, -0.2) is 4.39 Å². The van der Waals surface area contributed by atoms with Crippen molar-refractivity contribution in [3.05, 3.63) is 132 Å². The van der Waals surface area contributed by atoms with Gasteiger partial charge < -0.3 is 10.6 Å². The molecule has 2 N–H and O–H groups in total. The summed E-state index contributed by atoms with van der Waals surface area (Å²) in [6, 6.07) is 33.0. The molecular formula is C32H31FN2O2S. The van der Waals surface area contributed by atoms with Crippen LogP contribution in [0.2, 0.25) is 0 Å². The molecule has 0 bridgehead atoms. The Kier molecular flexibility index (Phi) is 8.98. The van der Waals surface area contributed by atoms with Gasteiger partial charge in [0, 0.05) is 27.8 Å². The minimum atomic E-state index is -1.08. The Hall–Kier alpha value is -3.90. The van der Waals surface area contributed by atoms with Crippen LogP contribution in [-0.4, -0.2) is 17.4 Å². The second-order valence-corrected chi connectivity index (χ2v) is 9.90. The molecule has 4 aromatic carbocycles. The van der Waals surface area contributed by atoms with E-state index < -0.39 is 17.3 Å². The second-order valence-electron chi connectivity index (χ2n) is 8.85. The van der Waals surface area contributed by atoms with E-state index in [0.717, 1.165) is 16.2 Å². The standard InChI is InChI=1S/C30H25FN2O2S.C2H6/c31-24-13-11-23(12-14-24)28(34)33-30(19-27(30)22-9-5-2-6-10-22)29(35)32-25-15-17-26(18-16-25)36-20-21-7-3-1-4-8-21;1-2/h1-18,27H,19-20H2,(H,32,35)(H,33,34);1-2H3. The van der Waals surface area contributed by atoms with Gasteiger partial charge in [-0.3, -0.25) is 9.59 Å². The molecule has 2 atom stereocenters. The molecule has 4 nitrogen and oxygen atoms in total. The van der Waals surface area contributed by atoms with E-state index >= 15 is 0 Å². The average molecular weight is 527 g/mol. The third-order valence-electron chi connectivity index (χ3n) is 6.37. The highest BCUT2D eigenvalue weighted by Crippen LogP contribution is 2.52. The number of hydrogen-bond donors (Lipinski definition) is 2. The molecule has 2 amide bonds. The smallest absolute Gasteiger partial charge is 0.252 e. The van der Waals surface area contributed by atoms with Crippen molar-refractivity contribution in [2.24, 2.45) is 0 Å². The molecule has 2 unspecified atom stereocenters. The summed E-state index contributed by atoms with van der Waals surface area (Å²) in [4.78, 5) is 27.6.